The highest BCUT2D eigenvalue weighted by Gasteiger charge is 2.27. The van der Waals surface area contributed by atoms with Gasteiger partial charge in [-0.15, -0.1) is 10.2 Å². The molecule has 0 bridgehead atoms. The molecule has 1 atom stereocenters. The van der Waals surface area contributed by atoms with E-state index in [1.807, 2.05) is 36.4 Å². The molecule has 2 aromatic carbocycles. The Morgan fingerprint density at radius 1 is 1.11 bits per heavy atom. The predicted octanol–water partition coefficient (Wildman–Crippen LogP) is 3.27. The Bertz CT molecular complexity index is 987. The molecule has 144 valence electrons. The van der Waals surface area contributed by atoms with Crippen LogP contribution in [0.4, 0.5) is 5.82 Å². The Morgan fingerprint density at radius 2 is 1.86 bits per heavy atom. The summed E-state index contributed by atoms with van der Waals surface area (Å²) >= 11 is 0. The minimum absolute atomic E-state index is 0.0134. The van der Waals surface area contributed by atoms with Crippen molar-refractivity contribution in [3.05, 3.63) is 48.5 Å². The fourth-order valence-corrected chi connectivity index (χ4v) is 3.87. The number of anilines is 1. The fraction of sp³-hybridized carbons (Fsp3) is 0.318. The van der Waals surface area contributed by atoms with E-state index in [2.05, 4.69) is 32.5 Å². The summed E-state index contributed by atoms with van der Waals surface area (Å²) in [4.78, 5) is 14.3. The SMILES string of the molecule is CNC(=O)C1CCCN(c2nnc(-c3ccc(OC)cc3)c3ccccc23)C1. The average Bonchev–Trinajstić information content (AvgIpc) is 2.78. The summed E-state index contributed by atoms with van der Waals surface area (Å²) in [6.45, 7) is 1.55. The van der Waals surface area contributed by atoms with Crippen molar-refractivity contribution in [2.24, 2.45) is 5.92 Å². The zero-order valence-electron chi connectivity index (χ0n) is 16.2. The summed E-state index contributed by atoms with van der Waals surface area (Å²) in [7, 11) is 3.35. The van der Waals surface area contributed by atoms with E-state index in [1.54, 1.807) is 14.2 Å². The Morgan fingerprint density at radius 3 is 2.57 bits per heavy atom. The van der Waals surface area contributed by atoms with Crippen molar-refractivity contribution in [3.8, 4) is 17.0 Å². The van der Waals surface area contributed by atoms with Gasteiger partial charge in [-0.2, -0.15) is 0 Å². The number of carbonyl (C=O) groups is 1. The first kappa shape index (κ1) is 18.2. The smallest absolute Gasteiger partial charge is 0.224 e. The topological polar surface area (TPSA) is 67.4 Å². The van der Waals surface area contributed by atoms with Crippen LogP contribution in [0.15, 0.2) is 48.5 Å². The van der Waals surface area contributed by atoms with E-state index in [1.165, 1.54) is 0 Å². The van der Waals surface area contributed by atoms with Crippen molar-refractivity contribution < 1.29 is 9.53 Å². The molecule has 6 nitrogen and oxygen atoms in total. The van der Waals surface area contributed by atoms with Crippen molar-refractivity contribution in [2.75, 3.05) is 32.1 Å². The molecule has 2 heterocycles. The van der Waals surface area contributed by atoms with Gasteiger partial charge in [0.05, 0.1) is 13.0 Å². The number of hydrogen-bond donors (Lipinski definition) is 1. The number of amides is 1. The molecule has 1 unspecified atom stereocenters. The van der Waals surface area contributed by atoms with Gasteiger partial charge in [0, 0.05) is 36.5 Å². The molecule has 1 saturated heterocycles. The van der Waals surface area contributed by atoms with Gasteiger partial charge < -0.3 is 15.0 Å². The molecule has 0 spiro atoms. The summed E-state index contributed by atoms with van der Waals surface area (Å²) in [5, 5.41) is 14.0. The number of hydrogen-bond acceptors (Lipinski definition) is 5. The molecular formula is C22H24N4O2. The lowest BCUT2D eigenvalue weighted by atomic mass is 9.96. The number of nitrogens with zero attached hydrogens (tertiary/aromatic N) is 3. The Kier molecular flexibility index (Phi) is 5.10. The molecule has 0 saturated carbocycles. The number of benzene rings is 2. The highest BCUT2D eigenvalue weighted by molar-refractivity contribution is 6.00. The fourth-order valence-electron chi connectivity index (χ4n) is 3.87. The maximum atomic E-state index is 12.1. The zero-order chi connectivity index (χ0) is 19.5. The van der Waals surface area contributed by atoms with Gasteiger partial charge in [0.15, 0.2) is 5.82 Å². The second-order valence-corrected chi connectivity index (χ2v) is 7.05. The molecule has 0 radical (unpaired) electrons. The molecule has 3 aromatic rings. The summed E-state index contributed by atoms with van der Waals surface area (Å²) in [5.41, 5.74) is 1.85. The molecule has 1 amide bonds. The molecule has 0 aliphatic carbocycles. The van der Waals surface area contributed by atoms with Crippen LogP contribution in [-0.2, 0) is 4.79 Å². The summed E-state index contributed by atoms with van der Waals surface area (Å²) in [5.74, 6) is 1.74. The lowest BCUT2D eigenvalue weighted by Gasteiger charge is -2.33. The lowest BCUT2D eigenvalue weighted by Crippen LogP contribution is -2.42. The van der Waals surface area contributed by atoms with Gasteiger partial charge in [-0.3, -0.25) is 4.79 Å². The first-order chi connectivity index (χ1) is 13.7. The largest absolute Gasteiger partial charge is 0.497 e. The summed E-state index contributed by atoms with van der Waals surface area (Å²) in [6, 6.07) is 16.0. The van der Waals surface area contributed by atoms with E-state index in [-0.39, 0.29) is 11.8 Å². The van der Waals surface area contributed by atoms with Gasteiger partial charge in [-0.1, -0.05) is 24.3 Å². The van der Waals surface area contributed by atoms with Crippen molar-refractivity contribution in [1.29, 1.82) is 0 Å². The molecule has 28 heavy (non-hydrogen) atoms. The third-order valence-electron chi connectivity index (χ3n) is 5.37. The van der Waals surface area contributed by atoms with E-state index in [0.29, 0.717) is 6.54 Å². The minimum atomic E-state index is -0.0134. The monoisotopic (exact) mass is 376 g/mol. The van der Waals surface area contributed by atoms with E-state index in [0.717, 1.165) is 53.0 Å². The molecule has 1 aliphatic rings. The van der Waals surface area contributed by atoms with Gasteiger partial charge in [0.25, 0.3) is 0 Å². The number of nitrogens with one attached hydrogen (secondary N) is 1. The van der Waals surface area contributed by atoms with Gasteiger partial charge in [0.1, 0.15) is 11.4 Å². The highest BCUT2D eigenvalue weighted by atomic mass is 16.5. The molecular weight excluding hydrogens is 352 g/mol. The summed E-state index contributed by atoms with van der Waals surface area (Å²) in [6.07, 6.45) is 1.87. The van der Waals surface area contributed by atoms with Crippen molar-refractivity contribution in [3.63, 3.8) is 0 Å². The van der Waals surface area contributed by atoms with Crippen LogP contribution in [0.5, 0.6) is 5.75 Å². The van der Waals surface area contributed by atoms with E-state index < -0.39 is 0 Å². The van der Waals surface area contributed by atoms with Crippen LogP contribution >= 0.6 is 0 Å². The molecule has 1 aromatic heterocycles. The number of fused-ring (bicyclic) bond motifs is 1. The summed E-state index contributed by atoms with van der Waals surface area (Å²) < 4.78 is 5.25. The van der Waals surface area contributed by atoms with Gasteiger partial charge in [0.2, 0.25) is 5.91 Å². The standard InChI is InChI=1S/C22H24N4O2/c1-23-22(27)16-6-5-13-26(14-16)21-19-8-4-3-7-18(19)20(24-25-21)15-9-11-17(28-2)12-10-15/h3-4,7-12,16H,5-6,13-14H2,1-2H3,(H,23,27). The maximum absolute atomic E-state index is 12.1. The van der Waals surface area contributed by atoms with E-state index in [9.17, 15) is 4.79 Å². The quantitative estimate of drug-likeness (QED) is 0.757. The second kappa shape index (κ2) is 7.84. The first-order valence-corrected chi connectivity index (χ1v) is 9.57. The number of piperidine rings is 1. The van der Waals surface area contributed by atoms with Crippen LogP contribution in [-0.4, -0.2) is 43.4 Å². The highest BCUT2D eigenvalue weighted by Crippen LogP contribution is 2.33. The molecule has 1 N–H and O–H groups in total. The van der Waals surface area contributed by atoms with Crippen LogP contribution in [0, 0.1) is 5.92 Å². The van der Waals surface area contributed by atoms with Crippen molar-refractivity contribution in [1.82, 2.24) is 15.5 Å². The van der Waals surface area contributed by atoms with Crippen LogP contribution in [0.3, 0.4) is 0 Å². The number of carbonyl (C=O) groups excluding carboxylic acids is 1. The number of methoxy groups -OCH3 is 1. The van der Waals surface area contributed by atoms with E-state index >= 15 is 0 Å². The first-order valence-electron chi connectivity index (χ1n) is 9.57. The molecule has 1 fully saturated rings. The number of aromatic nitrogens is 2. The third kappa shape index (κ3) is 3.38. The minimum Gasteiger partial charge on any atom is -0.497 e. The van der Waals surface area contributed by atoms with Crippen LogP contribution in [0.2, 0.25) is 0 Å². The maximum Gasteiger partial charge on any atom is 0.224 e. The molecule has 4 rings (SSSR count). The van der Waals surface area contributed by atoms with Crippen molar-refractivity contribution >= 4 is 22.5 Å². The second-order valence-electron chi connectivity index (χ2n) is 7.05. The van der Waals surface area contributed by atoms with Gasteiger partial charge >= 0.3 is 0 Å². The zero-order valence-corrected chi connectivity index (χ0v) is 16.2. The van der Waals surface area contributed by atoms with Crippen LogP contribution < -0.4 is 15.0 Å². The normalized spacial score (nSPS) is 16.8. The Hall–Kier alpha value is -3.15. The number of ether oxygens (including phenoxy) is 1. The van der Waals surface area contributed by atoms with E-state index in [4.69, 9.17) is 4.74 Å². The Balaban J connectivity index is 1.74. The third-order valence-corrected chi connectivity index (χ3v) is 5.37. The predicted molar refractivity (Wildman–Crippen MR) is 111 cm³/mol. The van der Waals surface area contributed by atoms with Gasteiger partial charge in [-0.25, -0.2) is 0 Å². The molecule has 6 heteroatoms. The Labute approximate surface area is 164 Å². The van der Waals surface area contributed by atoms with Gasteiger partial charge in [-0.05, 0) is 37.1 Å². The lowest BCUT2D eigenvalue weighted by molar-refractivity contribution is -0.124. The number of rotatable bonds is 4. The average molecular weight is 376 g/mol. The van der Waals surface area contributed by atoms with Crippen LogP contribution in [0.1, 0.15) is 12.8 Å². The van der Waals surface area contributed by atoms with Crippen molar-refractivity contribution in [2.45, 2.75) is 12.8 Å². The van der Waals surface area contributed by atoms with Crippen LogP contribution in [0.25, 0.3) is 22.0 Å². The molecule has 1 aliphatic heterocycles.